The van der Waals surface area contributed by atoms with Gasteiger partial charge >= 0.3 is 0 Å². The summed E-state index contributed by atoms with van der Waals surface area (Å²) in [4.78, 5) is 36.8. The summed E-state index contributed by atoms with van der Waals surface area (Å²) in [6, 6.07) is 3.78. The number of thioether (sulfide) groups is 2. The molecule has 1 saturated heterocycles. The minimum atomic E-state index is -0.272. The first-order valence-corrected chi connectivity index (χ1v) is 10.0. The molecule has 0 bridgehead atoms. The predicted molar refractivity (Wildman–Crippen MR) is 96.8 cm³/mol. The summed E-state index contributed by atoms with van der Waals surface area (Å²) < 4.78 is 1.35. The highest BCUT2D eigenvalue weighted by atomic mass is 32.2. The number of imide groups is 1. The number of nitrogens with zero attached hydrogens (tertiary/aromatic N) is 4. The van der Waals surface area contributed by atoms with Crippen LogP contribution in [0.25, 0.3) is 10.7 Å². The number of nitrogens with one attached hydrogen (secondary N) is 1. The molecule has 3 N–H and O–H groups in total. The van der Waals surface area contributed by atoms with Gasteiger partial charge in [0.1, 0.15) is 0 Å². The van der Waals surface area contributed by atoms with Gasteiger partial charge in [-0.15, -0.1) is 21.5 Å². The average Bonchev–Trinajstić information content (AvgIpc) is 3.30. The second-order valence-corrected chi connectivity index (χ2v) is 7.71. The van der Waals surface area contributed by atoms with Crippen LogP contribution >= 0.6 is 34.9 Å². The number of aromatic nitrogens is 3. The van der Waals surface area contributed by atoms with E-state index in [0.717, 1.165) is 33.3 Å². The van der Waals surface area contributed by atoms with Crippen LogP contribution in [0.2, 0.25) is 0 Å². The lowest BCUT2D eigenvalue weighted by Gasteiger charge is -2.12. The number of amides is 3. The number of nitrogen functional groups attached to an aromatic ring is 1. The Labute approximate surface area is 155 Å². The van der Waals surface area contributed by atoms with Crippen molar-refractivity contribution in [1.82, 2.24) is 25.1 Å². The summed E-state index contributed by atoms with van der Waals surface area (Å²) in [6.07, 6.45) is 0. The fourth-order valence-corrected chi connectivity index (χ4v) is 4.18. The summed E-state index contributed by atoms with van der Waals surface area (Å²) in [5.41, 5.74) is 0. The summed E-state index contributed by atoms with van der Waals surface area (Å²) in [5, 5.41) is 12.8. The van der Waals surface area contributed by atoms with Crippen molar-refractivity contribution in [3.05, 3.63) is 17.5 Å². The Morgan fingerprint density at radius 3 is 2.92 bits per heavy atom. The molecule has 2 aromatic heterocycles. The van der Waals surface area contributed by atoms with Gasteiger partial charge in [0.15, 0.2) is 5.82 Å². The van der Waals surface area contributed by atoms with Crippen LogP contribution in [0.4, 0.5) is 4.79 Å². The van der Waals surface area contributed by atoms with E-state index in [4.69, 9.17) is 5.84 Å². The number of thiophene rings is 1. The van der Waals surface area contributed by atoms with E-state index in [9.17, 15) is 14.4 Å². The van der Waals surface area contributed by atoms with E-state index in [1.165, 1.54) is 16.0 Å². The first kappa shape index (κ1) is 17.8. The highest BCUT2D eigenvalue weighted by Gasteiger charge is 2.29. The maximum Gasteiger partial charge on any atom is 0.288 e. The Kier molecular flexibility index (Phi) is 5.60. The molecule has 3 amide bonds. The van der Waals surface area contributed by atoms with Crippen molar-refractivity contribution >= 4 is 51.9 Å². The van der Waals surface area contributed by atoms with Crippen LogP contribution < -0.4 is 11.2 Å². The van der Waals surface area contributed by atoms with E-state index in [-0.39, 0.29) is 41.6 Å². The zero-order valence-electron chi connectivity index (χ0n) is 12.9. The van der Waals surface area contributed by atoms with Gasteiger partial charge in [0.05, 0.1) is 16.4 Å². The third kappa shape index (κ3) is 4.14. The van der Waals surface area contributed by atoms with Crippen molar-refractivity contribution in [3.8, 4) is 10.7 Å². The summed E-state index contributed by atoms with van der Waals surface area (Å²) >= 11 is 3.63. The van der Waals surface area contributed by atoms with Crippen LogP contribution in [0.3, 0.4) is 0 Å². The lowest BCUT2D eigenvalue weighted by molar-refractivity contribution is -0.125. The number of nitrogens with two attached hydrogens (primary N) is 1. The standard InChI is InChI=1S/C13H14N6O3S3/c14-19-11(8-2-1-5-23-8)16-17-12(19)24-6-9(20)15-3-4-18-10(21)7-25-13(18)22/h1-2,5H,3-4,6-7,14H2,(H,15,20). The van der Waals surface area contributed by atoms with Gasteiger partial charge in [0.25, 0.3) is 5.24 Å². The third-order valence-corrected chi connectivity index (χ3v) is 5.90. The van der Waals surface area contributed by atoms with Crippen molar-refractivity contribution in [2.45, 2.75) is 5.16 Å². The number of hydrogen-bond donors (Lipinski definition) is 2. The van der Waals surface area contributed by atoms with Crippen molar-refractivity contribution in [2.75, 3.05) is 30.4 Å². The fraction of sp³-hybridized carbons (Fsp3) is 0.308. The number of hydrogen-bond acceptors (Lipinski definition) is 9. The molecule has 2 aromatic rings. The second-order valence-electron chi connectivity index (χ2n) is 4.89. The summed E-state index contributed by atoms with van der Waals surface area (Å²) in [5.74, 6) is 6.31. The molecule has 0 saturated carbocycles. The van der Waals surface area contributed by atoms with Gasteiger partial charge in [0.2, 0.25) is 17.0 Å². The largest absolute Gasteiger partial charge is 0.354 e. The maximum atomic E-state index is 11.9. The molecular formula is C13H14N6O3S3. The molecule has 0 atom stereocenters. The van der Waals surface area contributed by atoms with E-state index in [1.54, 1.807) is 0 Å². The van der Waals surface area contributed by atoms with Crippen molar-refractivity contribution in [1.29, 1.82) is 0 Å². The Morgan fingerprint density at radius 1 is 1.40 bits per heavy atom. The monoisotopic (exact) mass is 398 g/mol. The quantitative estimate of drug-likeness (QED) is 0.514. The lowest BCUT2D eigenvalue weighted by atomic mass is 10.4. The topological polar surface area (TPSA) is 123 Å². The average molecular weight is 398 g/mol. The summed E-state index contributed by atoms with van der Waals surface area (Å²) in [7, 11) is 0. The molecule has 12 heteroatoms. The highest BCUT2D eigenvalue weighted by Crippen LogP contribution is 2.25. The zero-order chi connectivity index (χ0) is 17.8. The highest BCUT2D eigenvalue weighted by molar-refractivity contribution is 8.14. The normalized spacial score (nSPS) is 14.3. The van der Waals surface area contributed by atoms with Crippen LogP contribution in [0.1, 0.15) is 0 Å². The molecule has 9 nitrogen and oxygen atoms in total. The van der Waals surface area contributed by atoms with Crippen LogP contribution in [0.15, 0.2) is 22.7 Å². The van der Waals surface area contributed by atoms with Gasteiger partial charge in [-0.25, -0.2) is 4.68 Å². The van der Waals surface area contributed by atoms with Gasteiger partial charge in [0, 0.05) is 13.1 Å². The number of rotatable bonds is 7. The molecule has 0 spiro atoms. The van der Waals surface area contributed by atoms with E-state index in [1.807, 2.05) is 17.5 Å². The van der Waals surface area contributed by atoms with Crippen LogP contribution in [0, 0.1) is 0 Å². The first-order chi connectivity index (χ1) is 12.1. The number of carbonyl (C=O) groups is 3. The Morgan fingerprint density at radius 2 is 2.24 bits per heavy atom. The molecule has 0 aromatic carbocycles. The van der Waals surface area contributed by atoms with Crippen molar-refractivity contribution < 1.29 is 14.4 Å². The fourth-order valence-electron chi connectivity index (χ4n) is 2.03. The first-order valence-electron chi connectivity index (χ1n) is 7.17. The van der Waals surface area contributed by atoms with Gasteiger partial charge in [-0.1, -0.05) is 29.6 Å². The van der Waals surface area contributed by atoms with Crippen LogP contribution in [0.5, 0.6) is 0 Å². The molecule has 1 aliphatic heterocycles. The summed E-state index contributed by atoms with van der Waals surface area (Å²) in [6.45, 7) is 0.393. The minimum absolute atomic E-state index is 0.108. The van der Waals surface area contributed by atoms with E-state index < -0.39 is 0 Å². The molecule has 0 unspecified atom stereocenters. The molecular weight excluding hydrogens is 384 g/mol. The van der Waals surface area contributed by atoms with Crippen molar-refractivity contribution in [3.63, 3.8) is 0 Å². The SMILES string of the molecule is Nn1c(SCC(=O)NCCN2C(=O)CSC2=O)nnc1-c1cccs1. The molecule has 0 aliphatic carbocycles. The van der Waals surface area contributed by atoms with E-state index >= 15 is 0 Å². The third-order valence-electron chi connectivity index (χ3n) is 3.24. The molecule has 25 heavy (non-hydrogen) atoms. The number of carbonyl (C=O) groups excluding carboxylic acids is 3. The van der Waals surface area contributed by atoms with Gasteiger partial charge in [-0.05, 0) is 11.4 Å². The lowest BCUT2D eigenvalue weighted by Crippen LogP contribution is -2.38. The van der Waals surface area contributed by atoms with Crippen LogP contribution in [-0.2, 0) is 9.59 Å². The van der Waals surface area contributed by atoms with E-state index in [2.05, 4.69) is 15.5 Å². The zero-order valence-corrected chi connectivity index (χ0v) is 15.3. The van der Waals surface area contributed by atoms with Crippen molar-refractivity contribution in [2.24, 2.45) is 0 Å². The Bertz CT molecular complexity index is 775. The smallest absolute Gasteiger partial charge is 0.288 e. The molecule has 132 valence electrons. The molecule has 0 radical (unpaired) electrons. The predicted octanol–water partition coefficient (Wildman–Crippen LogP) is 0.624. The maximum absolute atomic E-state index is 11.9. The Hall–Kier alpha value is -2.05. The van der Waals surface area contributed by atoms with Crippen LogP contribution in [-0.4, -0.2) is 61.4 Å². The molecule has 1 aliphatic rings. The van der Waals surface area contributed by atoms with Gasteiger partial charge in [-0.2, -0.15) is 0 Å². The van der Waals surface area contributed by atoms with Gasteiger partial charge in [-0.3, -0.25) is 19.3 Å². The molecule has 3 heterocycles. The van der Waals surface area contributed by atoms with Gasteiger partial charge < -0.3 is 11.2 Å². The molecule has 3 rings (SSSR count). The van der Waals surface area contributed by atoms with E-state index in [0.29, 0.717) is 11.0 Å². The minimum Gasteiger partial charge on any atom is -0.354 e. The molecule has 1 fully saturated rings. The second kappa shape index (κ2) is 7.89. The Balaban J connectivity index is 1.45.